The van der Waals surface area contributed by atoms with Crippen molar-refractivity contribution in [3.05, 3.63) is 46.1 Å². The summed E-state index contributed by atoms with van der Waals surface area (Å²) in [5, 5.41) is 20.5. The molecule has 8 nitrogen and oxygen atoms in total. The molecule has 2 unspecified atom stereocenters. The van der Waals surface area contributed by atoms with Crippen LogP contribution in [0.2, 0.25) is 0 Å². The van der Waals surface area contributed by atoms with Gasteiger partial charge in [-0.1, -0.05) is 46.3 Å². The normalized spacial score (nSPS) is 23.0. The van der Waals surface area contributed by atoms with Crippen molar-refractivity contribution >= 4 is 51.4 Å². The van der Waals surface area contributed by atoms with E-state index in [1.54, 1.807) is 18.2 Å². The van der Waals surface area contributed by atoms with Crippen molar-refractivity contribution in [1.29, 1.82) is 0 Å². The molecule has 3 rings (SSSR count). The second-order valence-electron chi connectivity index (χ2n) is 5.64. The van der Waals surface area contributed by atoms with Gasteiger partial charge in [0, 0.05) is 10.2 Å². The van der Waals surface area contributed by atoms with Crippen LogP contribution in [0.25, 0.3) is 0 Å². The molecule has 2 aliphatic heterocycles. The van der Waals surface area contributed by atoms with Gasteiger partial charge in [0.1, 0.15) is 17.1 Å². The number of carbonyl (C=O) groups is 4. The number of carboxylic acids is 2. The number of β-lactam (4-membered cyclic amide) rings is 1. The highest BCUT2D eigenvalue weighted by atomic mass is 79.9. The minimum absolute atomic E-state index is 0.151. The number of rotatable bonds is 5. The molecule has 0 spiro atoms. The Balaban J connectivity index is 1.78. The SMILES string of the molecule is O=C(O)C1=C(Br)CS[C@H]2C(NC(=O)C(C(=O)O)c3ccccc3)C(=O)N12. The fourth-order valence-corrected chi connectivity index (χ4v) is 4.82. The van der Waals surface area contributed by atoms with E-state index in [0.29, 0.717) is 15.8 Å². The Morgan fingerprint density at radius 2 is 1.88 bits per heavy atom. The van der Waals surface area contributed by atoms with Gasteiger partial charge < -0.3 is 15.5 Å². The number of amides is 2. The molecular weight excluding hydrogens is 428 g/mol. The van der Waals surface area contributed by atoms with Crippen LogP contribution in [0.4, 0.5) is 0 Å². The minimum Gasteiger partial charge on any atom is -0.480 e. The number of nitrogens with zero attached hydrogens (tertiary/aromatic N) is 1. The topological polar surface area (TPSA) is 124 Å². The summed E-state index contributed by atoms with van der Waals surface area (Å²) in [7, 11) is 0. The number of carbonyl (C=O) groups excluding carboxylic acids is 2. The molecule has 10 heteroatoms. The van der Waals surface area contributed by atoms with Gasteiger partial charge in [-0.2, -0.15) is 0 Å². The number of halogens is 1. The number of benzene rings is 1. The quantitative estimate of drug-likeness (QED) is 0.459. The zero-order valence-corrected chi connectivity index (χ0v) is 15.5. The lowest BCUT2D eigenvalue weighted by molar-refractivity contribution is -0.152. The Labute approximate surface area is 160 Å². The summed E-state index contributed by atoms with van der Waals surface area (Å²) in [4.78, 5) is 48.8. The minimum atomic E-state index is -1.45. The highest BCUT2D eigenvalue weighted by Crippen LogP contribution is 2.42. The maximum atomic E-state index is 12.5. The zero-order chi connectivity index (χ0) is 19.0. The van der Waals surface area contributed by atoms with Gasteiger partial charge in [-0.15, -0.1) is 11.8 Å². The van der Waals surface area contributed by atoms with Gasteiger partial charge in [-0.3, -0.25) is 19.3 Å². The highest BCUT2D eigenvalue weighted by Gasteiger charge is 2.54. The van der Waals surface area contributed by atoms with Gasteiger partial charge in [-0.05, 0) is 5.56 Å². The molecule has 26 heavy (non-hydrogen) atoms. The van der Waals surface area contributed by atoms with Crippen LogP contribution in [0, 0.1) is 0 Å². The van der Waals surface area contributed by atoms with E-state index in [4.69, 9.17) is 0 Å². The van der Waals surface area contributed by atoms with Crippen LogP contribution < -0.4 is 5.32 Å². The van der Waals surface area contributed by atoms with Gasteiger partial charge in [0.15, 0.2) is 5.92 Å². The molecule has 2 amide bonds. The van der Waals surface area contributed by atoms with Crippen molar-refractivity contribution in [3.8, 4) is 0 Å². The Kier molecular flexibility index (Phi) is 5.05. The molecule has 2 heterocycles. The van der Waals surface area contributed by atoms with E-state index in [-0.39, 0.29) is 5.70 Å². The van der Waals surface area contributed by atoms with Crippen molar-refractivity contribution in [2.24, 2.45) is 0 Å². The number of aliphatic carboxylic acids is 2. The smallest absolute Gasteiger partial charge is 0.353 e. The lowest BCUT2D eigenvalue weighted by Gasteiger charge is -2.49. The first kappa shape index (κ1) is 18.5. The lowest BCUT2D eigenvalue weighted by Crippen LogP contribution is -2.70. The molecule has 1 aromatic carbocycles. The number of thioether (sulfide) groups is 1. The Morgan fingerprint density at radius 3 is 2.46 bits per heavy atom. The predicted molar refractivity (Wildman–Crippen MR) is 95.4 cm³/mol. The number of nitrogens with one attached hydrogen (secondary N) is 1. The number of carboxylic acid groups (broad SMARTS) is 2. The van der Waals surface area contributed by atoms with Crippen molar-refractivity contribution in [2.75, 3.05) is 5.75 Å². The van der Waals surface area contributed by atoms with E-state index in [0.717, 1.165) is 4.90 Å². The molecule has 0 saturated carbocycles. The molecule has 0 radical (unpaired) electrons. The van der Waals surface area contributed by atoms with Gasteiger partial charge >= 0.3 is 11.9 Å². The monoisotopic (exact) mass is 440 g/mol. The zero-order valence-electron chi connectivity index (χ0n) is 13.1. The highest BCUT2D eigenvalue weighted by molar-refractivity contribution is 9.11. The number of fused-ring (bicyclic) bond motifs is 1. The third kappa shape index (κ3) is 3.10. The van der Waals surface area contributed by atoms with Crippen molar-refractivity contribution < 1.29 is 29.4 Å². The van der Waals surface area contributed by atoms with E-state index in [2.05, 4.69) is 21.2 Å². The Bertz CT molecular complexity index is 827. The molecule has 0 bridgehead atoms. The average molecular weight is 441 g/mol. The van der Waals surface area contributed by atoms with E-state index in [1.165, 1.54) is 23.9 Å². The summed E-state index contributed by atoms with van der Waals surface area (Å²) >= 11 is 4.43. The standard InChI is InChI=1S/C16H13BrN2O6S/c17-8-6-26-14-10(13(21)19(14)11(8)16(24)25)18-12(20)9(15(22)23)7-4-2-1-3-5-7/h1-5,9-10,14H,6H2,(H,18,20)(H,22,23)(H,24,25)/t9?,10?,14-/m0/s1. The molecule has 2 aliphatic rings. The predicted octanol–water partition coefficient (Wildman–Crippen LogP) is 0.946. The summed E-state index contributed by atoms with van der Waals surface area (Å²) in [6.07, 6.45) is 0. The summed E-state index contributed by atoms with van der Waals surface area (Å²) in [6, 6.07) is 7.01. The molecule has 3 atom stereocenters. The Morgan fingerprint density at radius 1 is 1.23 bits per heavy atom. The van der Waals surface area contributed by atoms with Crippen LogP contribution in [0.5, 0.6) is 0 Å². The van der Waals surface area contributed by atoms with Crippen LogP contribution in [0.1, 0.15) is 11.5 Å². The average Bonchev–Trinajstić information content (AvgIpc) is 2.60. The van der Waals surface area contributed by atoms with E-state index in [1.807, 2.05) is 0 Å². The van der Waals surface area contributed by atoms with Crippen LogP contribution in [-0.2, 0) is 19.2 Å². The summed E-state index contributed by atoms with van der Waals surface area (Å²) < 4.78 is 0.386. The van der Waals surface area contributed by atoms with Gasteiger partial charge in [0.25, 0.3) is 5.91 Å². The van der Waals surface area contributed by atoms with Crippen molar-refractivity contribution in [1.82, 2.24) is 10.2 Å². The summed E-state index contributed by atoms with van der Waals surface area (Å²) in [6.45, 7) is 0. The molecule has 0 aliphatic carbocycles. The van der Waals surface area contributed by atoms with E-state index >= 15 is 0 Å². The fraction of sp³-hybridized carbons (Fsp3) is 0.250. The molecule has 1 saturated heterocycles. The van der Waals surface area contributed by atoms with Gasteiger partial charge in [0.2, 0.25) is 5.91 Å². The first-order valence-electron chi connectivity index (χ1n) is 7.47. The van der Waals surface area contributed by atoms with Crippen molar-refractivity contribution in [2.45, 2.75) is 17.3 Å². The molecule has 3 N–H and O–H groups in total. The van der Waals surface area contributed by atoms with Crippen LogP contribution in [0.15, 0.2) is 40.5 Å². The number of hydrogen-bond acceptors (Lipinski definition) is 5. The van der Waals surface area contributed by atoms with E-state index < -0.39 is 41.1 Å². The van der Waals surface area contributed by atoms with Crippen LogP contribution in [-0.4, -0.2) is 56.0 Å². The first-order valence-corrected chi connectivity index (χ1v) is 9.32. The number of hydrogen-bond donors (Lipinski definition) is 3. The van der Waals surface area contributed by atoms with Gasteiger partial charge in [0.05, 0.1) is 0 Å². The molecule has 136 valence electrons. The maximum Gasteiger partial charge on any atom is 0.353 e. The maximum absolute atomic E-state index is 12.5. The molecule has 1 aromatic rings. The Hall–Kier alpha value is -2.33. The fourth-order valence-electron chi connectivity index (χ4n) is 2.87. The lowest BCUT2D eigenvalue weighted by atomic mass is 9.97. The van der Waals surface area contributed by atoms with Crippen molar-refractivity contribution in [3.63, 3.8) is 0 Å². The molecule has 0 aromatic heterocycles. The third-order valence-corrected chi connectivity index (χ3v) is 6.37. The molecule has 1 fully saturated rings. The van der Waals surface area contributed by atoms with Crippen LogP contribution >= 0.6 is 27.7 Å². The molecular formula is C16H13BrN2O6S. The second kappa shape index (κ2) is 7.12. The summed E-state index contributed by atoms with van der Waals surface area (Å²) in [5.74, 6) is -5.08. The summed E-state index contributed by atoms with van der Waals surface area (Å²) in [5.41, 5.74) is 0.147. The third-order valence-electron chi connectivity index (χ3n) is 4.06. The van der Waals surface area contributed by atoms with Gasteiger partial charge in [-0.25, -0.2) is 4.79 Å². The van der Waals surface area contributed by atoms with E-state index in [9.17, 15) is 29.4 Å². The first-order chi connectivity index (χ1) is 12.3. The second-order valence-corrected chi connectivity index (χ2v) is 7.70. The van der Waals surface area contributed by atoms with Crippen LogP contribution in [0.3, 0.4) is 0 Å². The largest absolute Gasteiger partial charge is 0.480 e.